The molecule has 0 unspecified atom stereocenters. The summed E-state index contributed by atoms with van der Waals surface area (Å²) in [5.74, 6) is 1.10. The summed E-state index contributed by atoms with van der Waals surface area (Å²) < 4.78 is 35.1. The average Bonchev–Trinajstić information content (AvgIpc) is 2.64. The van der Waals surface area contributed by atoms with Gasteiger partial charge in [0, 0.05) is 23.8 Å². The monoisotopic (exact) mass is 395 g/mol. The Labute approximate surface area is 159 Å². The molecule has 1 saturated heterocycles. The van der Waals surface area contributed by atoms with E-state index in [2.05, 4.69) is 9.71 Å². The van der Waals surface area contributed by atoms with E-state index in [9.17, 15) is 8.42 Å². The number of anilines is 1. The first kappa shape index (κ1) is 18.9. The number of ether oxygens (including phenoxy) is 1. The lowest BCUT2D eigenvalue weighted by Gasteiger charge is -2.31. The van der Waals surface area contributed by atoms with Crippen molar-refractivity contribution in [3.8, 4) is 5.75 Å². The zero-order chi connectivity index (χ0) is 18.6. The fourth-order valence-corrected chi connectivity index (χ4v) is 4.15. The third-order valence-corrected chi connectivity index (χ3v) is 6.02. The van der Waals surface area contributed by atoms with Gasteiger partial charge in [0.1, 0.15) is 17.7 Å². The third-order valence-electron chi connectivity index (χ3n) is 4.26. The van der Waals surface area contributed by atoms with Crippen LogP contribution in [0.5, 0.6) is 5.75 Å². The molecule has 1 N–H and O–H groups in total. The van der Waals surface area contributed by atoms with Crippen LogP contribution in [-0.4, -0.2) is 36.9 Å². The molecule has 6 nitrogen and oxygen atoms in total. The van der Waals surface area contributed by atoms with Crippen LogP contribution in [-0.2, 0) is 16.6 Å². The standard InChI is InChI=1S/C18H22ClN3O3S/c1-2-15-4-3-5-18(20-15)21-26(23,24)22-12-10-17(11-13-22)25-16-8-6-14(19)7-9-16/h3-9,17H,2,10-13H2,1H3,(H,20,21). The molecule has 0 spiro atoms. The maximum Gasteiger partial charge on any atom is 0.302 e. The normalized spacial score (nSPS) is 16.4. The van der Waals surface area contributed by atoms with Crippen LogP contribution in [0.4, 0.5) is 5.82 Å². The van der Waals surface area contributed by atoms with Crippen LogP contribution < -0.4 is 9.46 Å². The van der Waals surface area contributed by atoms with Gasteiger partial charge in [-0.25, -0.2) is 4.98 Å². The van der Waals surface area contributed by atoms with Crippen molar-refractivity contribution in [2.75, 3.05) is 17.8 Å². The van der Waals surface area contributed by atoms with Crippen molar-refractivity contribution in [1.82, 2.24) is 9.29 Å². The number of aryl methyl sites for hydroxylation is 1. The summed E-state index contributed by atoms with van der Waals surface area (Å²) in [5.41, 5.74) is 0.847. The minimum Gasteiger partial charge on any atom is -0.490 e. The minimum atomic E-state index is -3.62. The summed E-state index contributed by atoms with van der Waals surface area (Å²) in [6.07, 6.45) is 2.00. The van der Waals surface area contributed by atoms with Crippen LogP contribution in [0, 0.1) is 0 Å². The van der Waals surface area contributed by atoms with Gasteiger partial charge >= 0.3 is 10.2 Å². The molecule has 2 heterocycles. The van der Waals surface area contributed by atoms with E-state index in [-0.39, 0.29) is 6.10 Å². The lowest BCUT2D eigenvalue weighted by molar-refractivity contribution is 0.135. The molecule has 0 aliphatic carbocycles. The first-order valence-corrected chi connectivity index (χ1v) is 10.4. The van der Waals surface area contributed by atoms with Crippen LogP contribution >= 0.6 is 11.6 Å². The summed E-state index contributed by atoms with van der Waals surface area (Å²) in [4.78, 5) is 4.30. The predicted octanol–water partition coefficient (Wildman–Crippen LogP) is 3.50. The van der Waals surface area contributed by atoms with E-state index < -0.39 is 10.2 Å². The predicted molar refractivity (Wildman–Crippen MR) is 103 cm³/mol. The van der Waals surface area contributed by atoms with Gasteiger partial charge in [-0.1, -0.05) is 24.6 Å². The molecule has 1 aliphatic rings. The number of nitrogens with zero attached hydrogens (tertiary/aromatic N) is 2. The van der Waals surface area contributed by atoms with E-state index in [1.54, 1.807) is 24.3 Å². The Hall–Kier alpha value is -1.83. The maximum absolute atomic E-state index is 12.6. The summed E-state index contributed by atoms with van der Waals surface area (Å²) in [6.45, 7) is 2.79. The van der Waals surface area contributed by atoms with Crippen LogP contribution in [0.1, 0.15) is 25.5 Å². The quantitative estimate of drug-likeness (QED) is 0.812. The Morgan fingerprint density at radius 2 is 1.88 bits per heavy atom. The number of rotatable bonds is 6. The van der Waals surface area contributed by atoms with Gasteiger partial charge in [-0.15, -0.1) is 0 Å². The molecule has 0 bridgehead atoms. The zero-order valence-electron chi connectivity index (χ0n) is 14.6. The van der Waals surface area contributed by atoms with E-state index in [1.807, 2.05) is 25.1 Å². The molecule has 1 aliphatic heterocycles. The summed E-state index contributed by atoms with van der Waals surface area (Å²) in [6, 6.07) is 12.5. The molecule has 0 saturated carbocycles. The lowest BCUT2D eigenvalue weighted by Crippen LogP contribution is -2.44. The van der Waals surface area contributed by atoms with E-state index in [0.29, 0.717) is 36.8 Å². The third kappa shape index (κ3) is 4.87. The number of halogens is 1. The molecule has 1 aromatic heterocycles. The van der Waals surface area contributed by atoms with Crippen molar-refractivity contribution in [3.63, 3.8) is 0 Å². The molecule has 3 rings (SSSR count). The van der Waals surface area contributed by atoms with E-state index in [4.69, 9.17) is 16.3 Å². The molecule has 2 aromatic rings. The molecule has 0 amide bonds. The van der Waals surface area contributed by atoms with Gasteiger partial charge in [-0.3, -0.25) is 4.72 Å². The molecule has 0 radical (unpaired) electrons. The highest BCUT2D eigenvalue weighted by Crippen LogP contribution is 2.22. The minimum absolute atomic E-state index is 0.0100. The van der Waals surface area contributed by atoms with Gasteiger partial charge in [0.25, 0.3) is 0 Å². The second-order valence-electron chi connectivity index (χ2n) is 6.14. The number of pyridine rings is 1. The number of nitrogens with one attached hydrogen (secondary N) is 1. The molecule has 26 heavy (non-hydrogen) atoms. The van der Waals surface area contributed by atoms with E-state index in [1.165, 1.54) is 4.31 Å². The number of piperidine rings is 1. The Morgan fingerprint density at radius 1 is 1.19 bits per heavy atom. The van der Waals surface area contributed by atoms with Crippen molar-refractivity contribution >= 4 is 27.6 Å². The van der Waals surface area contributed by atoms with Crippen molar-refractivity contribution in [1.29, 1.82) is 0 Å². The Kier molecular flexibility index (Phi) is 6.01. The van der Waals surface area contributed by atoms with Gasteiger partial charge in [-0.2, -0.15) is 12.7 Å². The zero-order valence-corrected chi connectivity index (χ0v) is 16.1. The Balaban J connectivity index is 1.56. The van der Waals surface area contributed by atoms with Crippen LogP contribution in [0.2, 0.25) is 5.02 Å². The molecule has 8 heteroatoms. The number of benzene rings is 1. The smallest absolute Gasteiger partial charge is 0.302 e. The first-order valence-electron chi connectivity index (χ1n) is 8.62. The van der Waals surface area contributed by atoms with Crippen LogP contribution in [0.3, 0.4) is 0 Å². The second kappa shape index (κ2) is 8.24. The largest absolute Gasteiger partial charge is 0.490 e. The average molecular weight is 396 g/mol. The first-order chi connectivity index (χ1) is 12.5. The fraction of sp³-hybridized carbons (Fsp3) is 0.389. The van der Waals surface area contributed by atoms with Gasteiger partial charge in [0.15, 0.2) is 0 Å². The van der Waals surface area contributed by atoms with E-state index >= 15 is 0 Å². The second-order valence-corrected chi connectivity index (χ2v) is 8.25. The van der Waals surface area contributed by atoms with E-state index in [0.717, 1.165) is 17.9 Å². The highest BCUT2D eigenvalue weighted by molar-refractivity contribution is 7.90. The highest BCUT2D eigenvalue weighted by atomic mass is 35.5. The van der Waals surface area contributed by atoms with Gasteiger partial charge in [0.2, 0.25) is 0 Å². The lowest BCUT2D eigenvalue weighted by atomic mass is 10.1. The Bertz CT molecular complexity index is 835. The van der Waals surface area contributed by atoms with Crippen molar-refractivity contribution < 1.29 is 13.2 Å². The van der Waals surface area contributed by atoms with Gasteiger partial charge in [0.05, 0.1) is 0 Å². The fourth-order valence-electron chi connectivity index (χ4n) is 2.83. The SMILES string of the molecule is CCc1cccc(NS(=O)(=O)N2CCC(Oc3ccc(Cl)cc3)CC2)n1. The molecular formula is C18H22ClN3O3S. The van der Waals surface area contributed by atoms with Crippen molar-refractivity contribution in [2.24, 2.45) is 0 Å². The Morgan fingerprint density at radius 3 is 2.54 bits per heavy atom. The van der Waals surface area contributed by atoms with Crippen molar-refractivity contribution in [2.45, 2.75) is 32.3 Å². The summed E-state index contributed by atoms with van der Waals surface area (Å²) >= 11 is 5.87. The topological polar surface area (TPSA) is 71.5 Å². The number of hydrogen-bond acceptors (Lipinski definition) is 4. The maximum atomic E-state index is 12.6. The molecule has 140 valence electrons. The van der Waals surface area contributed by atoms with Crippen LogP contribution in [0.15, 0.2) is 42.5 Å². The molecule has 0 atom stereocenters. The molecule has 1 fully saturated rings. The highest BCUT2D eigenvalue weighted by Gasteiger charge is 2.29. The number of aromatic nitrogens is 1. The number of hydrogen-bond donors (Lipinski definition) is 1. The van der Waals surface area contributed by atoms with Crippen LogP contribution in [0.25, 0.3) is 0 Å². The molecule has 1 aromatic carbocycles. The summed E-state index contributed by atoms with van der Waals surface area (Å²) in [5, 5.41) is 0.657. The van der Waals surface area contributed by atoms with Gasteiger partial charge < -0.3 is 4.74 Å². The summed E-state index contributed by atoms with van der Waals surface area (Å²) in [7, 11) is -3.62. The van der Waals surface area contributed by atoms with Crippen molar-refractivity contribution in [3.05, 3.63) is 53.2 Å². The van der Waals surface area contributed by atoms with Gasteiger partial charge in [-0.05, 0) is 55.7 Å². The molecular weight excluding hydrogens is 374 g/mol.